The lowest BCUT2D eigenvalue weighted by Crippen LogP contribution is -2.31. The van der Waals surface area contributed by atoms with E-state index in [2.05, 4.69) is 34.1 Å². The van der Waals surface area contributed by atoms with Gasteiger partial charge in [0.05, 0.1) is 6.04 Å². The number of hydrogen-bond donors (Lipinski definition) is 0. The van der Waals surface area contributed by atoms with Gasteiger partial charge < -0.3 is 9.26 Å². The Morgan fingerprint density at radius 2 is 2.30 bits per heavy atom. The third kappa shape index (κ3) is 3.80. The largest absolute Gasteiger partial charge is 0.377 e. The summed E-state index contributed by atoms with van der Waals surface area (Å²) in [5.41, 5.74) is 2.53. The van der Waals surface area contributed by atoms with E-state index in [4.69, 9.17) is 20.9 Å². The molecule has 0 spiro atoms. The molecule has 23 heavy (non-hydrogen) atoms. The van der Waals surface area contributed by atoms with Crippen molar-refractivity contribution in [1.29, 1.82) is 0 Å². The molecular weight excluding hydrogens is 314 g/mol. The Morgan fingerprint density at radius 1 is 1.43 bits per heavy atom. The average Bonchev–Trinajstić information content (AvgIpc) is 3.03. The quantitative estimate of drug-likeness (QED) is 0.834. The van der Waals surface area contributed by atoms with Crippen LogP contribution in [-0.4, -0.2) is 35.2 Å². The highest BCUT2D eigenvalue weighted by atomic mass is 35.5. The van der Waals surface area contributed by atoms with Crippen molar-refractivity contribution in [3.8, 4) is 0 Å². The van der Waals surface area contributed by atoms with Crippen molar-refractivity contribution in [2.24, 2.45) is 0 Å². The summed E-state index contributed by atoms with van der Waals surface area (Å²) in [6, 6.07) is 8.09. The maximum Gasteiger partial charge on any atom is 0.243 e. The van der Waals surface area contributed by atoms with Crippen LogP contribution in [-0.2, 0) is 11.3 Å². The van der Waals surface area contributed by atoms with E-state index in [1.807, 2.05) is 18.2 Å². The molecule has 0 saturated heterocycles. The summed E-state index contributed by atoms with van der Waals surface area (Å²) in [7, 11) is 1.62. The van der Waals surface area contributed by atoms with E-state index < -0.39 is 0 Å². The van der Waals surface area contributed by atoms with Crippen LogP contribution < -0.4 is 0 Å². The van der Waals surface area contributed by atoms with Gasteiger partial charge in [0.25, 0.3) is 0 Å². The third-order valence-corrected chi connectivity index (χ3v) is 4.33. The Balaban J connectivity index is 1.67. The van der Waals surface area contributed by atoms with Gasteiger partial charge in [0.1, 0.15) is 6.61 Å². The zero-order chi connectivity index (χ0) is 16.2. The molecule has 0 fully saturated rings. The molecule has 122 valence electrons. The highest BCUT2D eigenvalue weighted by Gasteiger charge is 2.23. The molecular formula is C17H20ClN3O2. The van der Waals surface area contributed by atoms with E-state index >= 15 is 0 Å². The van der Waals surface area contributed by atoms with E-state index in [0.29, 0.717) is 18.3 Å². The molecule has 0 unspecified atom stereocenters. The first kappa shape index (κ1) is 16.2. The molecule has 1 aliphatic rings. The molecule has 0 radical (unpaired) electrons. The zero-order valence-electron chi connectivity index (χ0n) is 13.3. The molecule has 3 rings (SSSR count). The van der Waals surface area contributed by atoms with Crippen LogP contribution in [0.3, 0.4) is 0 Å². The van der Waals surface area contributed by atoms with Gasteiger partial charge in [0.2, 0.25) is 5.89 Å². The molecule has 0 amide bonds. The van der Waals surface area contributed by atoms with Crippen molar-refractivity contribution in [3.63, 3.8) is 0 Å². The third-order valence-electron chi connectivity index (χ3n) is 4.10. The molecule has 1 atom stereocenters. The number of hydrogen-bond acceptors (Lipinski definition) is 5. The van der Waals surface area contributed by atoms with Crippen LogP contribution in [0.15, 0.2) is 34.9 Å². The van der Waals surface area contributed by atoms with Crippen molar-refractivity contribution in [2.45, 2.75) is 26.0 Å². The first-order chi connectivity index (χ1) is 11.2. The second-order valence-corrected chi connectivity index (χ2v) is 6.08. The van der Waals surface area contributed by atoms with Crippen molar-refractivity contribution in [3.05, 3.63) is 52.6 Å². The van der Waals surface area contributed by atoms with Crippen LogP contribution in [0.4, 0.5) is 0 Å². The molecule has 0 aliphatic carbocycles. The van der Waals surface area contributed by atoms with E-state index in [1.54, 1.807) is 7.11 Å². The Labute approximate surface area is 140 Å². The number of benzene rings is 1. The lowest BCUT2D eigenvalue weighted by Gasteiger charge is -2.29. The van der Waals surface area contributed by atoms with Crippen LogP contribution in [0.2, 0.25) is 5.02 Å². The van der Waals surface area contributed by atoms with Crippen LogP contribution in [0.1, 0.15) is 36.7 Å². The molecule has 0 N–H and O–H groups in total. The molecule has 1 aromatic carbocycles. The first-order valence-corrected chi connectivity index (χ1v) is 8.05. The Bertz CT molecular complexity index is 699. The second kappa shape index (κ2) is 7.25. The summed E-state index contributed by atoms with van der Waals surface area (Å²) in [5.74, 6) is 1.22. The van der Waals surface area contributed by atoms with E-state index in [-0.39, 0.29) is 6.04 Å². The van der Waals surface area contributed by atoms with Gasteiger partial charge in [-0.15, -0.1) is 0 Å². The highest BCUT2D eigenvalue weighted by Crippen LogP contribution is 2.28. The van der Waals surface area contributed by atoms with Crippen LogP contribution >= 0.6 is 11.6 Å². The maximum absolute atomic E-state index is 6.08. The molecule has 5 nitrogen and oxygen atoms in total. The highest BCUT2D eigenvalue weighted by molar-refractivity contribution is 6.30. The molecule has 2 heterocycles. The van der Waals surface area contributed by atoms with Gasteiger partial charge in [-0.1, -0.05) is 35.0 Å². The standard InChI is InChI=1S/C17H20ClN3O2/c1-12(17-19-16(11-22-2)20-23-17)21-8-6-13(7-9-21)14-4-3-5-15(18)10-14/h3-6,10,12H,7-9,11H2,1-2H3/t12-/m1/s1. The Hall–Kier alpha value is -1.69. The van der Waals surface area contributed by atoms with Crippen molar-refractivity contribution < 1.29 is 9.26 Å². The number of aromatic nitrogens is 2. The summed E-state index contributed by atoms with van der Waals surface area (Å²) in [6.45, 7) is 4.25. The zero-order valence-corrected chi connectivity index (χ0v) is 14.1. The van der Waals surface area contributed by atoms with Gasteiger partial charge in [-0.3, -0.25) is 4.90 Å². The minimum absolute atomic E-state index is 0.0882. The lowest BCUT2D eigenvalue weighted by atomic mass is 9.99. The maximum atomic E-state index is 6.08. The molecule has 0 bridgehead atoms. The SMILES string of the molecule is COCc1noc([C@@H](C)N2CC=C(c3cccc(Cl)c3)CC2)n1. The average molecular weight is 334 g/mol. The summed E-state index contributed by atoms with van der Waals surface area (Å²) in [4.78, 5) is 6.70. The molecule has 0 saturated carbocycles. The minimum Gasteiger partial charge on any atom is -0.377 e. The fourth-order valence-corrected chi connectivity index (χ4v) is 2.96. The van der Waals surface area contributed by atoms with Gasteiger partial charge in [0, 0.05) is 25.2 Å². The summed E-state index contributed by atoms with van der Waals surface area (Å²) >= 11 is 6.08. The number of nitrogens with zero attached hydrogens (tertiary/aromatic N) is 3. The minimum atomic E-state index is 0.0882. The van der Waals surface area contributed by atoms with Gasteiger partial charge >= 0.3 is 0 Å². The molecule has 6 heteroatoms. The van der Waals surface area contributed by atoms with Crippen LogP contribution in [0, 0.1) is 0 Å². The number of rotatable bonds is 5. The smallest absolute Gasteiger partial charge is 0.243 e. The topological polar surface area (TPSA) is 51.4 Å². The predicted molar refractivity (Wildman–Crippen MR) is 89.0 cm³/mol. The monoisotopic (exact) mass is 333 g/mol. The van der Waals surface area contributed by atoms with E-state index in [9.17, 15) is 0 Å². The molecule has 1 aliphatic heterocycles. The lowest BCUT2D eigenvalue weighted by molar-refractivity contribution is 0.173. The number of ether oxygens (including phenoxy) is 1. The molecule has 2 aromatic rings. The summed E-state index contributed by atoms with van der Waals surface area (Å²) < 4.78 is 10.4. The number of methoxy groups -OCH3 is 1. The number of halogens is 1. The molecule has 1 aromatic heterocycles. The Morgan fingerprint density at radius 3 is 3.00 bits per heavy atom. The van der Waals surface area contributed by atoms with Crippen LogP contribution in [0.5, 0.6) is 0 Å². The summed E-state index contributed by atoms with van der Waals surface area (Å²) in [6.07, 6.45) is 3.22. The van der Waals surface area contributed by atoms with Gasteiger partial charge in [-0.2, -0.15) is 4.98 Å². The Kier molecular flexibility index (Phi) is 5.10. The van der Waals surface area contributed by atoms with E-state index in [0.717, 1.165) is 24.5 Å². The normalized spacial score (nSPS) is 17.1. The van der Waals surface area contributed by atoms with Crippen molar-refractivity contribution >= 4 is 17.2 Å². The van der Waals surface area contributed by atoms with Gasteiger partial charge in [0.15, 0.2) is 5.82 Å². The fraction of sp³-hybridized carbons (Fsp3) is 0.412. The van der Waals surface area contributed by atoms with E-state index in [1.165, 1.54) is 11.1 Å². The second-order valence-electron chi connectivity index (χ2n) is 5.64. The van der Waals surface area contributed by atoms with Crippen molar-refractivity contribution in [2.75, 3.05) is 20.2 Å². The van der Waals surface area contributed by atoms with Crippen molar-refractivity contribution in [1.82, 2.24) is 15.0 Å². The van der Waals surface area contributed by atoms with Gasteiger partial charge in [-0.05, 0) is 36.6 Å². The van der Waals surface area contributed by atoms with Gasteiger partial charge in [-0.25, -0.2) is 0 Å². The summed E-state index contributed by atoms with van der Waals surface area (Å²) in [5, 5.41) is 4.70. The fourth-order valence-electron chi connectivity index (χ4n) is 2.77. The van der Waals surface area contributed by atoms with Crippen LogP contribution in [0.25, 0.3) is 5.57 Å². The predicted octanol–water partition coefficient (Wildman–Crippen LogP) is 3.72. The first-order valence-electron chi connectivity index (χ1n) is 7.68.